The molecule has 0 bridgehead atoms. The van der Waals surface area contributed by atoms with Crippen molar-refractivity contribution in [3.8, 4) is 0 Å². The van der Waals surface area contributed by atoms with E-state index >= 15 is 0 Å². The summed E-state index contributed by atoms with van der Waals surface area (Å²) in [7, 11) is 0. The SMILES string of the molecule is CC(C)(C)OC(=O)CN1CCC(N2CCN(c3ccc(C(N)=NCC(F)(F)F)cc3)CC2)CC1. The predicted molar refractivity (Wildman–Crippen MR) is 127 cm³/mol. The lowest BCUT2D eigenvalue weighted by molar-refractivity contribution is -0.156. The molecular weight excluding hydrogens is 447 g/mol. The van der Waals surface area contributed by atoms with Gasteiger partial charge in [-0.25, -0.2) is 0 Å². The highest BCUT2D eigenvalue weighted by atomic mass is 19.4. The molecule has 0 saturated carbocycles. The number of nitrogens with two attached hydrogens (primary N) is 1. The van der Waals surface area contributed by atoms with E-state index in [0.29, 0.717) is 18.2 Å². The molecule has 0 atom stereocenters. The maximum absolute atomic E-state index is 12.3. The largest absolute Gasteiger partial charge is 0.459 e. The van der Waals surface area contributed by atoms with Gasteiger partial charge in [0.05, 0.1) is 6.54 Å². The van der Waals surface area contributed by atoms with Gasteiger partial charge in [0.2, 0.25) is 0 Å². The van der Waals surface area contributed by atoms with Gasteiger partial charge >= 0.3 is 12.1 Å². The Bertz CT molecular complexity index is 836. The summed E-state index contributed by atoms with van der Waals surface area (Å²) in [6, 6.07) is 7.73. The number of halogens is 3. The quantitative estimate of drug-likeness (QED) is 0.381. The number of hydrogen-bond donors (Lipinski definition) is 1. The van der Waals surface area contributed by atoms with Crippen molar-refractivity contribution in [1.82, 2.24) is 9.80 Å². The molecule has 0 amide bonds. The van der Waals surface area contributed by atoms with E-state index in [-0.39, 0.29) is 11.8 Å². The van der Waals surface area contributed by atoms with Gasteiger partial charge in [-0.2, -0.15) is 13.2 Å². The van der Waals surface area contributed by atoms with Crippen LogP contribution in [0.5, 0.6) is 0 Å². The monoisotopic (exact) mass is 483 g/mol. The van der Waals surface area contributed by atoms with Gasteiger partial charge in [-0.1, -0.05) is 0 Å². The van der Waals surface area contributed by atoms with Crippen molar-refractivity contribution in [2.24, 2.45) is 10.7 Å². The Morgan fingerprint density at radius 2 is 1.62 bits per heavy atom. The van der Waals surface area contributed by atoms with Gasteiger partial charge in [-0.15, -0.1) is 0 Å². The fourth-order valence-electron chi connectivity index (χ4n) is 4.45. The Morgan fingerprint density at radius 3 is 2.15 bits per heavy atom. The summed E-state index contributed by atoms with van der Waals surface area (Å²) in [6.45, 7) is 10.2. The van der Waals surface area contributed by atoms with Gasteiger partial charge in [0.1, 0.15) is 18.0 Å². The molecule has 1 aromatic rings. The summed E-state index contributed by atoms with van der Waals surface area (Å²) in [5.41, 5.74) is 6.76. The van der Waals surface area contributed by atoms with Crippen molar-refractivity contribution >= 4 is 17.5 Å². The smallest absolute Gasteiger partial charge is 0.408 e. The van der Waals surface area contributed by atoms with E-state index in [1.807, 2.05) is 32.9 Å². The van der Waals surface area contributed by atoms with Gasteiger partial charge in [0.25, 0.3) is 0 Å². The van der Waals surface area contributed by atoms with E-state index in [9.17, 15) is 18.0 Å². The molecule has 7 nitrogen and oxygen atoms in total. The first-order chi connectivity index (χ1) is 15.9. The van der Waals surface area contributed by atoms with Gasteiger partial charge in [0, 0.05) is 56.6 Å². The summed E-state index contributed by atoms with van der Waals surface area (Å²) in [5.74, 6) is -0.273. The third-order valence-corrected chi connectivity index (χ3v) is 6.12. The average Bonchev–Trinajstić information content (AvgIpc) is 2.76. The van der Waals surface area contributed by atoms with Crippen LogP contribution in [0.15, 0.2) is 29.3 Å². The molecule has 2 fully saturated rings. The van der Waals surface area contributed by atoms with Gasteiger partial charge < -0.3 is 15.4 Å². The Hall–Kier alpha value is -2.33. The predicted octanol–water partition coefficient (Wildman–Crippen LogP) is 2.88. The van der Waals surface area contributed by atoms with Crippen molar-refractivity contribution in [3.05, 3.63) is 29.8 Å². The maximum Gasteiger partial charge on any atom is 0.408 e. The van der Waals surface area contributed by atoms with Crippen LogP contribution in [-0.4, -0.2) is 91.8 Å². The number of alkyl halides is 3. The lowest BCUT2D eigenvalue weighted by Crippen LogP contribution is -2.53. The standard InChI is InChI=1S/C24H36F3N5O2/c1-23(2,3)34-21(33)16-30-10-8-20(9-11-30)32-14-12-31(13-15-32)19-6-4-18(5-7-19)22(28)29-17-24(25,26)27/h4-7,20H,8-17H2,1-3H3,(H2,28,29). The number of aliphatic imine (C=N–C) groups is 1. The molecule has 3 rings (SSSR count). The van der Waals surface area contributed by atoms with E-state index < -0.39 is 18.3 Å². The Morgan fingerprint density at radius 1 is 1.03 bits per heavy atom. The maximum atomic E-state index is 12.3. The van der Waals surface area contributed by atoms with Gasteiger partial charge in [-0.05, 0) is 57.9 Å². The third kappa shape index (κ3) is 8.16. The van der Waals surface area contributed by atoms with Crippen LogP contribution >= 0.6 is 0 Å². The Kier molecular flexibility index (Phi) is 8.46. The molecule has 2 aliphatic rings. The number of nitrogens with zero attached hydrogens (tertiary/aromatic N) is 4. The number of ether oxygens (including phenoxy) is 1. The third-order valence-electron chi connectivity index (χ3n) is 6.12. The number of likely N-dealkylation sites (tertiary alicyclic amines) is 1. The molecule has 0 unspecified atom stereocenters. The first kappa shape index (κ1) is 26.3. The normalized spacial score (nSPS) is 19.9. The zero-order valence-corrected chi connectivity index (χ0v) is 20.3. The molecule has 2 heterocycles. The van der Waals surface area contributed by atoms with E-state index in [2.05, 4.69) is 19.7 Å². The lowest BCUT2D eigenvalue weighted by Gasteiger charge is -2.43. The number of anilines is 1. The second kappa shape index (κ2) is 10.9. The minimum atomic E-state index is -4.36. The number of rotatable bonds is 6. The number of piperidine rings is 1. The van der Waals surface area contributed by atoms with E-state index in [0.717, 1.165) is 57.8 Å². The average molecular weight is 484 g/mol. The zero-order valence-electron chi connectivity index (χ0n) is 20.3. The van der Waals surface area contributed by atoms with Crippen LogP contribution in [0, 0.1) is 0 Å². The molecule has 34 heavy (non-hydrogen) atoms. The lowest BCUT2D eigenvalue weighted by atomic mass is 10.0. The summed E-state index contributed by atoms with van der Waals surface area (Å²) in [6.07, 6.45) is -2.29. The van der Waals surface area contributed by atoms with E-state index in [1.165, 1.54) is 0 Å². The van der Waals surface area contributed by atoms with Crippen LogP contribution in [0.1, 0.15) is 39.2 Å². The highest BCUT2D eigenvalue weighted by Gasteiger charge is 2.29. The fourth-order valence-corrected chi connectivity index (χ4v) is 4.45. The van der Waals surface area contributed by atoms with Crippen LogP contribution in [0.2, 0.25) is 0 Å². The van der Waals surface area contributed by atoms with Crippen LogP contribution in [0.3, 0.4) is 0 Å². The summed E-state index contributed by atoms with van der Waals surface area (Å²) in [4.78, 5) is 22.5. The van der Waals surface area contributed by atoms with Crippen LogP contribution in [0.25, 0.3) is 0 Å². The second-order valence-electron chi connectivity index (χ2n) is 9.98. The van der Waals surface area contributed by atoms with Crippen molar-refractivity contribution in [2.45, 2.75) is 51.4 Å². The molecule has 190 valence electrons. The van der Waals surface area contributed by atoms with Crippen molar-refractivity contribution < 1.29 is 22.7 Å². The number of carbonyl (C=O) groups is 1. The molecule has 10 heteroatoms. The fraction of sp³-hybridized carbons (Fsp3) is 0.667. The van der Waals surface area contributed by atoms with Crippen molar-refractivity contribution in [1.29, 1.82) is 0 Å². The number of hydrogen-bond acceptors (Lipinski definition) is 6. The first-order valence-electron chi connectivity index (χ1n) is 11.8. The van der Waals surface area contributed by atoms with E-state index in [4.69, 9.17) is 10.5 Å². The number of benzene rings is 1. The highest BCUT2D eigenvalue weighted by molar-refractivity contribution is 5.97. The van der Waals surface area contributed by atoms with Crippen molar-refractivity contribution in [3.63, 3.8) is 0 Å². The van der Waals surface area contributed by atoms with Crippen LogP contribution < -0.4 is 10.6 Å². The van der Waals surface area contributed by atoms with Crippen LogP contribution in [-0.2, 0) is 9.53 Å². The summed E-state index contributed by atoms with van der Waals surface area (Å²) >= 11 is 0. The van der Waals surface area contributed by atoms with Gasteiger partial charge in [-0.3, -0.25) is 19.6 Å². The Labute approximate surface area is 199 Å². The number of carbonyl (C=O) groups excluding carboxylic acids is 1. The first-order valence-corrected chi connectivity index (χ1v) is 11.8. The molecule has 0 radical (unpaired) electrons. The van der Waals surface area contributed by atoms with Gasteiger partial charge in [0.15, 0.2) is 0 Å². The Balaban J connectivity index is 1.43. The molecule has 0 aliphatic carbocycles. The molecule has 2 N–H and O–H groups in total. The minimum absolute atomic E-state index is 0.105. The number of amidine groups is 1. The number of esters is 1. The zero-order chi connectivity index (χ0) is 24.9. The summed E-state index contributed by atoms with van der Waals surface area (Å²) in [5, 5.41) is 0. The highest BCUT2D eigenvalue weighted by Crippen LogP contribution is 2.22. The van der Waals surface area contributed by atoms with E-state index in [1.54, 1.807) is 12.1 Å². The summed E-state index contributed by atoms with van der Waals surface area (Å²) < 4.78 is 42.4. The molecule has 2 aliphatic heterocycles. The number of piperazine rings is 1. The molecular formula is C24H36F3N5O2. The van der Waals surface area contributed by atoms with Crippen molar-refractivity contribution in [2.75, 3.05) is 57.3 Å². The topological polar surface area (TPSA) is 74.4 Å². The molecule has 1 aromatic carbocycles. The molecule has 0 aromatic heterocycles. The molecule has 2 saturated heterocycles. The van der Waals surface area contributed by atoms with Crippen LogP contribution in [0.4, 0.5) is 18.9 Å². The minimum Gasteiger partial charge on any atom is -0.459 e. The molecule has 0 spiro atoms. The second-order valence-corrected chi connectivity index (χ2v) is 9.98.